The maximum absolute atomic E-state index is 13.2. The van der Waals surface area contributed by atoms with Crippen molar-refractivity contribution in [2.24, 2.45) is 0 Å². The second kappa shape index (κ2) is 7.69. The van der Waals surface area contributed by atoms with E-state index in [0.717, 1.165) is 31.7 Å². The molecule has 0 radical (unpaired) electrons. The molecular formula is C13H20ClFN2O. The molecule has 0 saturated carbocycles. The molecule has 5 heteroatoms. The van der Waals surface area contributed by atoms with Gasteiger partial charge < -0.3 is 10.4 Å². The van der Waals surface area contributed by atoms with E-state index in [9.17, 15) is 4.39 Å². The molecule has 1 aliphatic rings. The Hall–Kier alpha value is -0.680. The average Bonchev–Trinajstić information content (AvgIpc) is 2.37. The smallest absolute Gasteiger partial charge is 0.123 e. The second-order valence-electron chi connectivity index (χ2n) is 4.37. The van der Waals surface area contributed by atoms with Crippen LogP contribution in [-0.2, 0) is 0 Å². The van der Waals surface area contributed by atoms with Crippen LogP contribution in [0.3, 0.4) is 0 Å². The van der Waals surface area contributed by atoms with Gasteiger partial charge in [-0.2, -0.15) is 0 Å². The van der Waals surface area contributed by atoms with Crippen molar-refractivity contribution in [3.63, 3.8) is 0 Å². The highest BCUT2D eigenvalue weighted by atomic mass is 35.5. The van der Waals surface area contributed by atoms with Crippen LogP contribution in [0.2, 0.25) is 0 Å². The molecule has 1 aromatic rings. The van der Waals surface area contributed by atoms with Gasteiger partial charge in [-0.25, -0.2) is 4.39 Å². The zero-order valence-electron chi connectivity index (χ0n) is 10.3. The summed E-state index contributed by atoms with van der Waals surface area (Å²) >= 11 is 0. The Kier molecular flexibility index (Phi) is 6.57. The van der Waals surface area contributed by atoms with Crippen LogP contribution in [0.5, 0.6) is 0 Å². The van der Waals surface area contributed by atoms with Gasteiger partial charge in [0.05, 0.1) is 0 Å². The van der Waals surface area contributed by atoms with Crippen LogP contribution in [0, 0.1) is 5.82 Å². The summed E-state index contributed by atoms with van der Waals surface area (Å²) < 4.78 is 13.2. The minimum atomic E-state index is -0.208. The Bertz CT molecular complexity index is 359. The standard InChI is InChI=1S/C13H19FN2O.ClH/c14-12-3-1-2-11(10-12)13(4-9-17)16-7-5-15-6-8-16;/h1-3,10,13,15,17H,4-9H2;1H/t13-;/m1./s1. The van der Waals surface area contributed by atoms with E-state index in [4.69, 9.17) is 5.11 Å². The molecule has 0 unspecified atom stereocenters. The van der Waals surface area contributed by atoms with Crippen LogP contribution in [0.25, 0.3) is 0 Å². The molecule has 3 nitrogen and oxygen atoms in total. The van der Waals surface area contributed by atoms with Gasteiger partial charge in [0, 0.05) is 38.8 Å². The van der Waals surface area contributed by atoms with Gasteiger partial charge in [0.25, 0.3) is 0 Å². The van der Waals surface area contributed by atoms with Crippen LogP contribution in [0.1, 0.15) is 18.0 Å². The zero-order chi connectivity index (χ0) is 12.1. The van der Waals surface area contributed by atoms with Crippen LogP contribution in [0.4, 0.5) is 4.39 Å². The number of halogens is 2. The Labute approximate surface area is 113 Å². The second-order valence-corrected chi connectivity index (χ2v) is 4.37. The summed E-state index contributed by atoms with van der Waals surface area (Å²) in [5.41, 5.74) is 0.959. The van der Waals surface area contributed by atoms with Crippen molar-refractivity contribution in [3.05, 3.63) is 35.6 Å². The lowest BCUT2D eigenvalue weighted by atomic mass is 10.0. The molecule has 0 spiro atoms. The van der Waals surface area contributed by atoms with Gasteiger partial charge in [-0.1, -0.05) is 12.1 Å². The van der Waals surface area contributed by atoms with Crippen molar-refractivity contribution in [3.8, 4) is 0 Å². The molecule has 1 heterocycles. The van der Waals surface area contributed by atoms with Gasteiger partial charge in [-0.05, 0) is 24.1 Å². The van der Waals surface area contributed by atoms with Crippen LogP contribution in [0.15, 0.2) is 24.3 Å². The highest BCUT2D eigenvalue weighted by Gasteiger charge is 2.21. The minimum Gasteiger partial charge on any atom is -0.396 e. The maximum atomic E-state index is 13.2. The first-order chi connectivity index (χ1) is 8.31. The molecule has 18 heavy (non-hydrogen) atoms. The summed E-state index contributed by atoms with van der Waals surface area (Å²) in [6, 6.07) is 6.82. The lowest BCUT2D eigenvalue weighted by Crippen LogP contribution is -2.45. The number of aliphatic hydroxyl groups is 1. The van der Waals surface area contributed by atoms with E-state index in [1.807, 2.05) is 6.07 Å². The number of aliphatic hydroxyl groups excluding tert-OH is 1. The van der Waals surface area contributed by atoms with E-state index in [2.05, 4.69) is 10.2 Å². The van der Waals surface area contributed by atoms with Crippen molar-refractivity contribution in [2.75, 3.05) is 32.8 Å². The summed E-state index contributed by atoms with van der Waals surface area (Å²) in [6.45, 7) is 3.93. The lowest BCUT2D eigenvalue weighted by Gasteiger charge is -2.35. The summed E-state index contributed by atoms with van der Waals surface area (Å²) in [4.78, 5) is 2.31. The molecule has 1 aromatic carbocycles. The molecule has 2 N–H and O–H groups in total. The average molecular weight is 275 g/mol. The quantitative estimate of drug-likeness (QED) is 0.875. The van der Waals surface area contributed by atoms with Gasteiger partial charge in [-0.3, -0.25) is 4.90 Å². The van der Waals surface area contributed by atoms with Crippen LogP contribution in [-0.4, -0.2) is 42.8 Å². The molecule has 0 bridgehead atoms. The number of hydrogen-bond donors (Lipinski definition) is 2. The predicted molar refractivity (Wildman–Crippen MR) is 72.5 cm³/mol. The third-order valence-corrected chi connectivity index (χ3v) is 3.23. The van der Waals surface area contributed by atoms with E-state index in [1.165, 1.54) is 6.07 Å². The largest absolute Gasteiger partial charge is 0.396 e. The topological polar surface area (TPSA) is 35.5 Å². The predicted octanol–water partition coefficient (Wildman–Crippen LogP) is 1.58. The molecule has 1 atom stereocenters. The molecule has 102 valence electrons. The Morgan fingerprint density at radius 2 is 2.06 bits per heavy atom. The van der Waals surface area contributed by atoms with Crippen LogP contribution >= 0.6 is 12.4 Å². The molecule has 0 aliphatic carbocycles. The fraction of sp³-hybridized carbons (Fsp3) is 0.538. The monoisotopic (exact) mass is 274 g/mol. The van der Waals surface area contributed by atoms with E-state index in [-0.39, 0.29) is 30.9 Å². The molecule has 2 rings (SSSR count). The first-order valence-electron chi connectivity index (χ1n) is 6.12. The van der Waals surface area contributed by atoms with E-state index >= 15 is 0 Å². The van der Waals surface area contributed by atoms with Gasteiger partial charge in [0.2, 0.25) is 0 Å². The van der Waals surface area contributed by atoms with Gasteiger partial charge >= 0.3 is 0 Å². The molecule has 0 aromatic heterocycles. The highest BCUT2D eigenvalue weighted by molar-refractivity contribution is 5.85. The summed E-state index contributed by atoms with van der Waals surface area (Å²) in [5, 5.41) is 12.5. The molecule has 1 fully saturated rings. The zero-order valence-corrected chi connectivity index (χ0v) is 11.1. The first-order valence-corrected chi connectivity index (χ1v) is 6.12. The number of nitrogens with one attached hydrogen (secondary N) is 1. The van der Waals surface area contributed by atoms with Crippen molar-refractivity contribution < 1.29 is 9.50 Å². The van der Waals surface area contributed by atoms with E-state index in [1.54, 1.807) is 12.1 Å². The van der Waals surface area contributed by atoms with Gasteiger partial charge in [-0.15, -0.1) is 12.4 Å². The fourth-order valence-electron chi connectivity index (χ4n) is 2.39. The van der Waals surface area contributed by atoms with E-state index < -0.39 is 0 Å². The van der Waals surface area contributed by atoms with E-state index in [0.29, 0.717) is 6.42 Å². The lowest BCUT2D eigenvalue weighted by molar-refractivity contribution is 0.141. The minimum absolute atomic E-state index is 0. The number of piperazine rings is 1. The Morgan fingerprint density at radius 1 is 1.33 bits per heavy atom. The first kappa shape index (κ1) is 15.4. The molecule has 1 aliphatic heterocycles. The number of nitrogens with zero attached hydrogens (tertiary/aromatic N) is 1. The van der Waals surface area contributed by atoms with Gasteiger partial charge in [0.1, 0.15) is 5.82 Å². The highest BCUT2D eigenvalue weighted by Crippen LogP contribution is 2.24. The number of hydrogen-bond acceptors (Lipinski definition) is 3. The molecule has 0 amide bonds. The summed E-state index contributed by atoms with van der Waals surface area (Å²) in [5.74, 6) is -0.208. The third-order valence-electron chi connectivity index (χ3n) is 3.23. The summed E-state index contributed by atoms with van der Waals surface area (Å²) in [7, 11) is 0. The van der Waals surface area contributed by atoms with Crippen molar-refractivity contribution >= 4 is 12.4 Å². The van der Waals surface area contributed by atoms with Crippen molar-refractivity contribution in [1.29, 1.82) is 0 Å². The normalized spacial score (nSPS) is 18.1. The maximum Gasteiger partial charge on any atom is 0.123 e. The summed E-state index contributed by atoms with van der Waals surface area (Å²) in [6.07, 6.45) is 0.656. The Balaban J connectivity index is 0.00000162. The fourth-order valence-corrected chi connectivity index (χ4v) is 2.39. The van der Waals surface area contributed by atoms with Crippen LogP contribution < -0.4 is 5.32 Å². The molecular weight excluding hydrogens is 255 g/mol. The number of rotatable bonds is 4. The SMILES string of the molecule is Cl.OCC[C@H](c1cccc(F)c1)N1CCNCC1. The third kappa shape index (κ3) is 3.92. The Morgan fingerprint density at radius 3 is 2.67 bits per heavy atom. The molecule has 1 saturated heterocycles. The van der Waals surface area contributed by atoms with Crippen molar-refractivity contribution in [1.82, 2.24) is 10.2 Å². The van der Waals surface area contributed by atoms with Crippen molar-refractivity contribution in [2.45, 2.75) is 12.5 Å². The van der Waals surface area contributed by atoms with Gasteiger partial charge in [0.15, 0.2) is 0 Å². The number of benzene rings is 1.